The summed E-state index contributed by atoms with van der Waals surface area (Å²) in [5.41, 5.74) is 1.60. The Morgan fingerprint density at radius 3 is 2.46 bits per heavy atom. The average molecular weight is 398 g/mol. The summed E-state index contributed by atoms with van der Waals surface area (Å²) in [5, 5.41) is 8.28. The van der Waals surface area contributed by atoms with Crippen LogP contribution in [0.2, 0.25) is 0 Å². The average Bonchev–Trinajstić information content (AvgIpc) is 3.18. The molecule has 1 saturated heterocycles. The van der Waals surface area contributed by atoms with Crippen LogP contribution in [0.4, 0.5) is 5.69 Å². The van der Waals surface area contributed by atoms with E-state index >= 15 is 0 Å². The highest BCUT2D eigenvalue weighted by molar-refractivity contribution is 7.90. The Hall–Kier alpha value is -2.71. The van der Waals surface area contributed by atoms with E-state index in [1.807, 2.05) is 36.4 Å². The van der Waals surface area contributed by atoms with Gasteiger partial charge >= 0.3 is 10.2 Å². The first-order chi connectivity index (χ1) is 13.6. The summed E-state index contributed by atoms with van der Waals surface area (Å²) in [6.07, 6.45) is 2.90. The van der Waals surface area contributed by atoms with Gasteiger partial charge in [0.1, 0.15) is 6.04 Å². The molecule has 1 N–H and O–H groups in total. The molecule has 1 aliphatic rings. The first kappa shape index (κ1) is 18.6. The molecule has 1 atom stereocenters. The molecular weight excluding hydrogens is 376 g/mol. The fourth-order valence-corrected chi connectivity index (χ4v) is 4.85. The van der Waals surface area contributed by atoms with Gasteiger partial charge in [-0.1, -0.05) is 55.0 Å². The predicted octanol–water partition coefficient (Wildman–Crippen LogP) is 3.54. The summed E-state index contributed by atoms with van der Waals surface area (Å²) in [7, 11) is -3.73. The minimum Gasteiger partial charge on any atom is -0.423 e. The van der Waals surface area contributed by atoms with Crippen LogP contribution < -0.4 is 4.72 Å². The van der Waals surface area contributed by atoms with Gasteiger partial charge in [0.2, 0.25) is 11.8 Å². The van der Waals surface area contributed by atoms with Crippen LogP contribution in [-0.4, -0.2) is 29.5 Å². The maximum atomic E-state index is 13.0. The first-order valence-corrected chi connectivity index (χ1v) is 10.8. The second-order valence-corrected chi connectivity index (χ2v) is 8.42. The molecule has 146 valence electrons. The van der Waals surface area contributed by atoms with E-state index in [0.29, 0.717) is 36.9 Å². The number of nitrogens with one attached hydrogen (secondary N) is 1. The number of nitrogens with zero attached hydrogens (tertiary/aromatic N) is 3. The molecule has 28 heavy (non-hydrogen) atoms. The molecule has 1 unspecified atom stereocenters. The zero-order valence-electron chi connectivity index (χ0n) is 15.4. The summed E-state index contributed by atoms with van der Waals surface area (Å²) < 4.78 is 35.8. The van der Waals surface area contributed by atoms with Crippen molar-refractivity contribution in [1.82, 2.24) is 14.5 Å². The lowest BCUT2D eigenvalue weighted by Crippen LogP contribution is -2.41. The summed E-state index contributed by atoms with van der Waals surface area (Å²) in [4.78, 5) is 0. The van der Waals surface area contributed by atoms with E-state index in [1.165, 1.54) is 4.31 Å². The molecule has 1 aromatic heterocycles. The summed E-state index contributed by atoms with van der Waals surface area (Å²) in [5.74, 6) is 0.837. The van der Waals surface area contributed by atoms with E-state index in [9.17, 15) is 8.42 Å². The van der Waals surface area contributed by atoms with E-state index in [-0.39, 0.29) is 0 Å². The Bertz CT molecular complexity index is 1010. The maximum Gasteiger partial charge on any atom is 0.302 e. The SMILES string of the molecule is O=S(=O)(Nc1ccccc1)N1CCCCC1c1nnc(Cc2ccccc2)o1. The Labute approximate surface area is 164 Å². The number of para-hydroxylation sites is 1. The van der Waals surface area contributed by atoms with E-state index in [0.717, 1.165) is 18.4 Å². The van der Waals surface area contributed by atoms with Crippen molar-refractivity contribution in [2.45, 2.75) is 31.7 Å². The van der Waals surface area contributed by atoms with Gasteiger partial charge in [-0.2, -0.15) is 12.7 Å². The van der Waals surface area contributed by atoms with Gasteiger partial charge in [0.05, 0.1) is 6.42 Å². The lowest BCUT2D eigenvalue weighted by atomic mass is 10.1. The molecule has 0 spiro atoms. The van der Waals surface area contributed by atoms with Crippen LogP contribution in [0, 0.1) is 0 Å². The quantitative estimate of drug-likeness (QED) is 0.686. The number of rotatable bonds is 6. The zero-order valence-corrected chi connectivity index (χ0v) is 16.2. The smallest absolute Gasteiger partial charge is 0.302 e. The standard InChI is InChI=1S/C20H22N4O3S/c25-28(26,23-17-11-5-2-6-12-17)24-14-8-7-13-18(24)20-22-21-19(27-20)15-16-9-3-1-4-10-16/h1-6,9-12,18,23H,7-8,13-15H2. The van der Waals surface area contributed by atoms with Gasteiger partial charge in [0.15, 0.2) is 0 Å². The number of benzene rings is 2. The topological polar surface area (TPSA) is 88.3 Å². The number of aromatic nitrogens is 2. The molecule has 7 nitrogen and oxygen atoms in total. The molecule has 2 aromatic carbocycles. The molecule has 4 rings (SSSR count). The van der Waals surface area contributed by atoms with Crippen LogP contribution in [0.15, 0.2) is 65.1 Å². The van der Waals surface area contributed by atoms with Crippen molar-refractivity contribution >= 4 is 15.9 Å². The second-order valence-electron chi connectivity index (χ2n) is 6.79. The molecule has 0 saturated carbocycles. The predicted molar refractivity (Wildman–Crippen MR) is 106 cm³/mol. The minimum absolute atomic E-state index is 0.351. The molecule has 1 fully saturated rings. The van der Waals surface area contributed by atoms with Crippen LogP contribution in [0.3, 0.4) is 0 Å². The Morgan fingerprint density at radius 2 is 1.71 bits per heavy atom. The van der Waals surface area contributed by atoms with Gasteiger partial charge in [-0.3, -0.25) is 4.72 Å². The van der Waals surface area contributed by atoms with Crippen LogP contribution in [0.25, 0.3) is 0 Å². The summed E-state index contributed by atoms with van der Waals surface area (Å²) >= 11 is 0. The van der Waals surface area contributed by atoms with Crippen LogP contribution in [-0.2, 0) is 16.6 Å². The number of hydrogen-bond donors (Lipinski definition) is 1. The largest absolute Gasteiger partial charge is 0.423 e. The Morgan fingerprint density at radius 1 is 1.00 bits per heavy atom. The van der Waals surface area contributed by atoms with Crippen molar-refractivity contribution in [2.75, 3.05) is 11.3 Å². The fraction of sp³-hybridized carbons (Fsp3) is 0.300. The second kappa shape index (κ2) is 8.12. The maximum absolute atomic E-state index is 13.0. The molecule has 1 aliphatic heterocycles. The lowest BCUT2D eigenvalue weighted by molar-refractivity contribution is 0.218. The molecule has 0 amide bonds. The monoisotopic (exact) mass is 398 g/mol. The van der Waals surface area contributed by atoms with Crippen molar-refractivity contribution in [2.24, 2.45) is 0 Å². The zero-order chi connectivity index (χ0) is 19.4. The van der Waals surface area contributed by atoms with Crippen LogP contribution in [0.1, 0.15) is 42.6 Å². The van der Waals surface area contributed by atoms with Gasteiger partial charge in [-0.15, -0.1) is 10.2 Å². The highest BCUT2D eigenvalue weighted by Gasteiger charge is 2.36. The van der Waals surface area contributed by atoms with Crippen molar-refractivity contribution in [3.8, 4) is 0 Å². The van der Waals surface area contributed by atoms with Crippen LogP contribution >= 0.6 is 0 Å². The Kier molecular flexibility index (Phi) is 5.40. The lowest BCUT2D eigenvalue weighted by Gasteiger charge is -2.32. The van der Waals surface area contributed by atoms with Gasteiger partial charge in [-0.05, 0) is 30.5 Å². The minimum atomic E-state index is -3.73. The van der Waals surface area contributed by atoms with E-state index in [1.54, 1.807) is 24.3 Å². The summed E-state index contributed by atoms with van der Waals surface area (Å²) in [6, 6.07) is 18.3. The number of anilines is 1. The third-order valence-corrected chi connectivity index (χ3v) is 6.30. The van der Waals surface area contributed by atoms with Crippen molar-refractivity contribution in [1.29, 1.82) is 0 Å². The molecular formula is C20H22N4O3S. The van der Waals surface area contributed by atoms with Crippen LogP contribution in [0.5, 0.6) is 0 Å². The molecule has 0 aliphatic carbocycles. The molecule has 0 bridgehead atoms. The molecule has 3 aromatic rings. The third-order valence-electron chi connectivity index (χ3n) is 4.75. The highest BCUT2D eigenvalue weighted by Crippen LogP contribution is 2.33. The van der Waals surface area contributed by atoms with E-state index < -0.39 is 16.3 Å². The number of hydrogen-bond acceptors (Lipinski definition) is 5. The highest BCUT2D eigenvalue weighted by atomic mass is 32.2. The van der Waals surface area contributed by atoms with Gasteiger partial charge in [0, 0.05) is 12.2 Å². The normalized spacial score (nSPS) is 18.1. The molecule has 0 radical (unpaired) electrons. The third kappa shape index (κ3) is 4.23. The summed E-state index contributed by atoms with van der Waals surface area (Å²) in [6.45, 7) is 0.420. The Balaban J connectivity index is 1.54. The fourth-order valence-electron chi connectivity index (χ4n) is 3.40. The van der Waals surface area contributed by atoms with E-state index in [2.05, 4.69) is 14.9 Å². The van der Waals surface area contributed by atoms with E-state index in [4.69, 9.17) is 4.42 Å². The van der Waals surface area contributed by atoms with Crippen molar-refractivity contribution in [3.05, 3.63) is 78.0 Å². The van der Waals surface area contributed by atoms with Gasteiger partial charge in [-0.25, -0.2) is 0 Å². The van der Waals surface area contributed by atoms with Gasteiger partial charge in [0.25, 0.3) is 0 Å². The van der Waals surface area contributed by atoms with Crippen molar-refractivity contribution < 1.29 is 12.8 Å². The molecule has 2 heterocycles. The van der Waals surface area contributed by atoms with Crippen molar-refractivity contribution in [3.63, 3.8) is 0 Å². The molecule has 8 heteroatoms. The first-order valence-electron chi connectivity index (χ1n) is 9.33. The van der Waals surface area contributed by atoms with Gasteiger partial charge < -0.3 is 4.42 Å². The number of piperidine rings is 1.